The van der Waals surface area contributed by atoms with Gasteiger partial charge in [-0.3, -0.25) is 4.98 Å². The van der Waals surface area contributed by atoms with Gasteiger partial charge in [0, 0.05) is 29.9 Å². The summed E-state index contributed by atoms with van der Waals surface area (Å²) in [5.41, 5.74) is 0.921. The molecule has 0 aliphatic heterocycles. The second kappa shape index (κ2) is 4.79. The van der Waals surface area contributed by atoms with Crippen molar-refractivity contribution in [3.8, 4) is 0 Å². The van der Waals surface area contributed by atoms with E-state index < -0.39 is 0 Å². The summed E-state index contributed by atoms with van der Waals surface area (Å²) in [6, 6.07) is 5.71. The van der Waals surface area contributed by atoms with E-state index in [0.29, 0.717) is 6.42 Å². The summed E-state index contributed by atoms with van der Waals surface area (Å²) in [6.07, 6.45) is 5.01. The van der Waals surface area contributed by atoms with E-state index >= 15 is 0 Å². The van der Waals surface area contributed by atoms with E-state index in [1.54, 1.807) is 12.4 Å². The fourth-order valence-electron chi connectivity index (χ4n) is 1.36. The summed E-state index contributed by atoms with van der Waals surface area (Å²) < 4.78 is 0. The maximum Gasteiger partial charge on any atom is 0.130 e. The first-order valence-corrected chi connectivity index (χ1v) is 5.52. The number of thiazole rings is 1. The first kappa shape index (κ1) is 9.98. The molecule has 0 saturated carbocycles. The third-order valence-corrected chi connectivity index (χ3v) is 3.00. The minimum atomic E-state index is -0.167. The van der Waals surface area contributed by atoms with E-state index in [0.717, 1.165) is 17.0 Å². The molecule has 0 radical (unpaired) electrons. The van der Waals surface area contributed by atoms with Crippen molar-refractivity contribution in [2.75, 3.05) is 0 Å². The van der Waals surface area contributed by atoms with Gasteiger partial charge in [-0.2, -0.15) is 0 Å². The fraction of sp³-hybridized carbons (Fsp3) is 0.182. The number of aromatic nitrogens is 2. The van der Waals surface area contributed by atoms with E-state index in [4.69, 9.17) is 0 Å². The number of nitrogens with zero attached hydrogens (tertiary/aromatic N) is 2. The maximum absolute atomic E-state index is 10.9. The Balaban J connectivity index is 2.13. The molecule has 0 amide bonds. The molecular weight excluding hydrogens is 208 g/mol. The van der Waals surface area contributed by atoms with Crippen LogP contribution in [0, 0.1) is 0 Å². The van der Waals surface area contributed by atoms with E-state index in [1.165, 1.54) is 11.3 Å². The largest absolute Gasteiger partial charge is 0.303 e. The van der Waals surface area contributed by atoms with Gasteiger partial charge in [0.1, 0.15) is 11.3 Å². The van der Waals surface area contributed by atoms with Gasteiger partial charge in [-0.15, -0.1) is 11.3 Å². The van der Waals surface area contributed by atoms with Crippen LogP contribution < -0.4 is 0 Å². The Bertz CT molecular complexity index is 413. The zero-order valence-corrected chi connectivity index (χ0v) is 8.85. The standard InChI is InChI=1S/C11H10N2OS/c14-8-9(11-13-5-6-15-11)7-10-3-1-2-4-12-10/h1-6,8-9H,7H2. The Kier molecular flexibility index (Phi) is 3.19. The van der Waals surface area contributed by atoms with Gasteiger partial charge in [0.05, 0.1) is 5.92 Å². The van der Waals surface area contributed by atoms with E-state index in [9.17, 15) is 4.79 Å². The fourth-order valence-corrected chi connectivity index (χ4v) is 2.05. The van der Waals surface area contributed by atoms with Crippen molar-refractivity contribution >= 4 is 17.6 Å². The summed E-state index contributed by atoms with van der Waals surface area (Å²) in [4.78, 5) is 19.3. The highest BCUT2D eigenvalue weighted by molar-refractivity contribution is 7.09. The van der Waals surface area contributed by atoms with Gasteiger partial charge in [0.25, 0.3) is 0 Å². The molecule has 2 heterocycles. The number of carbonyl (C=O) groups excluding carboxylic acids is 1. The normalized spacial score (nSPS) is 12.3. The average Bonchev–Trinajstić information content (AvgIpc) is 2.81. The number of hydrogen-bond acceptors (Lipinski definition) is 4. The zero-order valence-electron chi connectivity index (χ0n) is 8.04. The molecule has 2 rings (SSSR count). The molecule has 0 spiro atoms. The second-order valence-electron chi connectivity index (χ2n) is 3.14. The van der Waals surface area contributed by atoms with Crippen LogP contribution in [0.15, 0.2) is 36.0 Å². The molecule has 0 aliphatic rings. The molecule has 0 saturated heterocycles. The van der Waals surface area contributed by atoms with Crippen LogP contribution >= 0.6 is 11.3 Å². The molecular formula is C11H10N2OS. The minimum Gasteiger partial charge on any atom is -0.303 e. The van der Waals surface area contributed by atoms with Crippen LogP contribution in [0.2, 0.25) is 0 Å². The molecule has 4 heteroatoms. The highest BCUT2D eigenvalue weighted by Crippen LogP contribution is 2.19. The van der Waals surface area contributed by atoms with Gasteiger partial charge < -0.3 is 4.79 Å². The third kappa shape index (κ3) is 2.47. The highest BCUT2D eigenvalue weighted by Gasteiger charge is 2.14. The first-order valence-electron chi connectivity index (χ1n) is 4.64. The van der Waals surface area contributed by atoms with Crippen molar-refractivity contribution in [3.05, 3.63) is 46.7 Å². The average molecular weight is 218 g/mol. The molecule has 0 aliphatic carbocycles. The Morgan fingerprint density at radius 1 is 1.33 bits per heavy atom. The second-order valence-corrected chi connectivity index (χ2v) is 4.06. The monoisotopic (exact) mass is 218 g/mol. The Hall–Kier alpha value is -1.55. The lowest BCUT2D eigenvalue weighted by Crippen LogP contribution is -2.05. The van der Waals surface area contributed by atoms with E-state index in [1.807, 2.05) is 23.6 Å². The van der Waals surface area contributed by atoms with Crippen molar-refractivity contribution in [1.29, 1.82) is 0 Å². The van der Waals surface area contributed by atoms with Crippen LogP contribution in [0.3, 0.4) is 0 Å². The Morgan fingerprint density at radius 2 is 2.27 bits per heavy atom. The smallest absolute Gasteiger partial charge is 0.130 e. The predicted molar refractivity (Wildman–Crippen MR) is 58.9 cm³/mol. The van der Waals surface area contributed by atoms with Crippen molar-refractivity contribution < 1.29 is 4.79 Å². The van der Waals surface area contributed by atoms with Crippen LogP contribution in [-0.4, -0.2) is 16.3 Å². The number of hydrogen-bond donors (Lipinski definition) is 0. The molecule has 1 unspecified atom stereocenters. The SMILES string of the molecule is O=CC(Cc1ccccn1)c1nccs1. The van der Waals surface area contributed by atoms with Crippen LogP contribution in [0.1, 0.15) is 16.6 Å². The molecule has 2 aromatic rings. The van der Waals surface area contributed by atoms with Crippen molar-refractivity contribution in [2.24, 2.45) is 0 Å². The molecule has 0 N–H and O–H groups in total. The first-order chi connectivity index (χ1) is 7.40. The summed E-state index contributed by atoms with van der Waals surface area (Å²) in [6.45, 7) is 0. The lowest BCUT2D eigenvalue weighted by atomic mass is 10.1. The summed E-state index contributed by atoms with van der Waals surface area (Å²) in [5.74, 6) is -0.167. The maximum atomic E-state index is 10.9. The lowest BCUT2D eigenvalue weighted by molar-refractivity contribution is -0.109. The third-order valence-electron chi connectivity index (χ3n) is 2.09. The molecule has 1 atom stereocenters. The summed E-state index contributed by atoms with van der Waals surface area (Å²) >= 11 is 1.50. The van der Waals surface area contributed by atoms with Crippen LogP contribution in [-0.2, 0) is 11.2 Å². The van der Waals surface area contributed by atoms with Crippen LogP contribution in [0.5, 0.6) is 0 Å². The number of aldehydes is 1. The van der Waals surface area contributed by atoms with E-state index in [-0.39, 0.29) is 5.92 Å². The Morgan fingerprint density at radius 3 is 2.87 bits per heavy atom. The number of pyridine rings is 1. The molecule has 76 valence electrons. The van der Waals surface area contributed by atoms with Gasteiger partial charge in [0.15, 0.2) is 0 Å². The quantitative estimate of drug-likeness (QED) is 0.738. The molecule has 0 bridgehead atoms. The van der Waals surface area contributed by atoms with Crippen molar-refractivity contribution in [1.82, 2.24) is 9.97 Å². The summed E-state index contributed by atoms with van der Waals surface area (Å²) in [5, 5.41) is 2.74. The molecule has 0 fully saturated rings. The topological polar surface area (TPSA) is 42.9 Å². The number of carbonyl (C=O) groups is 1. The molecule has 15 heavy (non-hydrogen) atoms. The van der Waals surface area contributed by atoms with Crippen molar-refractivity contribution in [3.63, 3.8) is 0 Å². The lowest BCUT2D eigenvalue weighted by Gasteiger charge is -2.05. The Labute approximate surface area is 91.8 Å². The van der Waals surface area contributed by atoms with Gasteiger partial charge in [-0.05, 0) is 12.1 Å². The van der Waals surface area contributed by atoms with Crippen LogP contribution in [0.25, 0.3) is 0 Å². The minimum absolute atomic E-state index is 0.167. The molecule has 3 nitrogen and oxygen atoms in total. The summed E-state index contributed by atoms with van der Waals surface area (Å²) in [7, 11) is 0. The van der Waals surface area contributed by atoms with Gasteiger partial charge >= 0.3 is 0 Å². The van der Waals surface area contributed by atoms with Crippen molar-refractivity contribution in [2.45, 2.75) is 12.3 Å². The van der Waals surface area contributed by atoms with Gasteiger partial charge in [-0.1, -0.05) is 6.07 Å². The molecule has 0 aromatic carbocycles. The molecule has 2 aromatic heterocycles. The predicted octanol–water partition coefficient (Wildman–Crippen LogP) is 2.06. The van der Waals surface area contributed by atoms with Crippen LogP contribution in [0.4, 0.5) is 0 Å². The zero-order chi connectivity index (χ0) is 10.5. The van der Waals surface area contributed by atoms with Gasteiger partial charge in [0.2, 0.25) is 0 Å². The number of rotatable bonds is 4. The van der Waals surface area contributed by atoms with E-state index in [2.05, 4.69) is 9.97 Å². The highest BCUT2D eigenvalue weighted by atomic mass is 32.1. The van der Waals surface area contributed by atoms with Gasteiger partial charge in [-0.25, -0.2) is 4.98 Å².